The Morgan fingerprint density at radius 1 is 1.67 bits per heavy atom. The van der Waals surface area contributed by atoms with E-state index in [2.05, 4.69) is 16.9 Å². The van der Waals surface area contributed by atoms with Crippen LogP contribution >= 0.6 is 11.6 Å². The van der Waals surface area contributed by atoms with Crippen molar-refractivity contribution in [1.82, 2.24) is 4.98 Å². The van der Waals surface area contributed by atoms with Crippen molar-refractivity contribution < 1.29 is 13.9 Å². The minimum absolute atomic E-state index is 0.0351. The van der Waals surface area contributed by atoms with E-state index in [0.29, 0.717) is 6.42 Å². The predicted octanol–water partition coefficient (Wildman–Crippen LogP) is 4.08. The van der Waals surface area contributed by atoms with E-state index < -0.39 is 23.2 Å². The SMILES string of the molecule is C=CCC(C)(C)C(CC(=O)OCC)Nc1nc(Cl)c(C#N)cc1F. The molecule has 0 aliphatic rings. The number of nitrogens with one attached hydrogen (secondary N) is 1. The average Bonchev–Trinajstić information content (AvgIpc) is 2.49. The van der Waals surface area contributed by atoms with Crippen LogP contribution in [0.1, 0.15) is 39.2 Å². The van der Waals surface area contributed by atoms with Crippen molar-refractivity contribution in [2.45, 2.75) is 39.7 Å². The summed E-state index contributed by atoms with van der Waals surface area (Å²) in [5.41, 5.74) is -0.463. The van der Waals surface area contributed by atoms with Gasteiger partial charge in [0.15, 0.2) is 11.6 Å². The van der Waals surface area contributed by atoms with Gasteiger partial charge in [-0.05, 0) is 24.8 Å². The molecule has 0 aliphatic carbocycles. The van der Waals surface area contributed by atoms with E-state index in [1.54, 1.807) is 19.1 Å². The van der Waals surface area contributed by atoms with Crippen LogP contribution in [0.15, 0.2) is 18.7 Å². The highest BCUT2D eigenvalue weighted by Crippen LogP contribution is 2.31. The first kappa shape index (κ1) is 19.9. The van der Waals surface area contributed by atoms with Gasteiger partial charge in [0.05, 0.1) is 18.6 Å². The number of hydrogen-bond acceptors (Lipinski definition) is 5. The number of nitrogens with zero attached hydrogens (tertiary/aromatic N) is 2. The molecular weight excluding hydrogens is 333 g/mol. The number of halogens is 2. The lowest BCUT2D eigenvalue weighted by atomic mass is 9.79. The Balaban J connectivity index is 3.13. The van der Waals surface area contributed by atoms with E-state index in [9.17, 15) is 9.18 Å². The second-order valence-corrected chi connectivity index (χ2v) is 6.31. The topological polar surface area (TPSA) is 75.0 Å². The summed E-state index contributed by atoms with van der Waals surface area (Å²) in [5.74, 6) is -1.21. The summed E-state index contributed by atoms with van der Waals surface area (Å²) >= 11 is 5.87. The van der Waals surface area contributed by atoms with Gasteiger partial charge in [0.1, 0.15) is 11.2 Å². The van der Waals surface area contributed by atoms with E-state index in [0.717, 1.165) is 6.07 Å². The van der Waals surface area contributed by atoms with Crippen LogP contribution in [0, 0.1) is 22.6 Å². The number of carbonyl (C=O) groups excluding carboxylic acids is 1. The van der Waals surface area contributed by atoms with Gasteiger partial charge in [-0.15, -0.1) is 6.58 Å². The van der Waals surface area contributed by atoms with Gasteiger partial charge in [0.2, 0.25) is 0 Å². The second-order valence-electron chi connectivity index (χ2n) is 5.96. The van der Waals surface area contributed by atoms with Crippen LogP contribution in [0.5, 0.6) is 0 Å². The fraction of sp³-hybridized carbons (Fsp3) is 0.471. The number of esters is 1. The monoisotopic (exact) mass is 353 g/mol. The molecule has 0 saturated heterocycles. The number of nitriles is 1. The van der Waals surface area contributed by atoms with Crippen molar-refractivity contribution in [1.29, 1.82) is 5.26 Å². The minimum Gasteiger partial charge on any atom is -0.466 e. The lowest BCUT2D eigenvalue weighted by Crippen LogP contribution is -2.39. The Bertz CT molecular complexity index is 656. The predicted molar refractivity (Wildman–Crippen MR) is 91.2 cm³/mol. The smallest absolute Gasteiger partial charge is 0.307 e. The molecule has 0 aliphatic heterocycles. The molecule has 1 aromatic heterocycles. The number of aromatic nitrogens is 1. The molecule has 0 spiro atoms. The zero-order valence-electron chi connectivity index (χ0n) is 14.0. The Labute approximate surface area is 146 Å². The number of allylic oxidation sites excluding steroid dienone is 1. The summed E-state index contributed by atoms with van der Waals surface area (Å²) < 4.78 is 19.2. The number of pyridine rings is 1. The molecule has 0 aromatic carbocycles. The second kappa shape index (κ2) is 8.65. The molecule has 1 aromatic rings. The molecule has 1 N–H and O–H groups in total. The minimum atomic E-state index is -0.709. The Morgan fingerprint density at radius 2 is 2.33 bits per heavy atom. The van der Waals surface area contributed by atoms with Gasteiger partial charge in [-0.1, -0.05) is 31.5 Å². The lowest BCUT2D eigenvalue weighted by Gasteiger charge is -2.34. The first-order valence-electron chi connectivity index (χ1n) is 7.54. The zero-order chi connectivity index (χ0) is 18.3. The fourth-order valence-electron chi connectivity index (χ4n) is 2.23. The molecule has 1 rings (SSSR count). The summed E-state index contributed by atoms with van der Waals surface area (Å²) in [7, 11) is 0. The van der Waals surface area contributed by atoms with Crippen molar-refractivity contribution in [3.63, 3.8) is 0 Å². The molecule has 5 nitrogen and oxygen atoms in total. The molecule has 1 unspecified atom stereocenters. The van der Waals surface area contributed by atoms with Crippen molar-refractivity contribution in [3.05, 3.63) is 35.3 Å². The maximum absolute atomic E-state index is 14.2. The van der Waals surface area contributed by atoms with E-state index in [1.807, 2.05) is 13.8 Å². The largest absolute Gasteiger partial charge is 0.466 e. The molecule has 1 atom stereocenters. The van der Waals surface area contributed by atoms with Gasteiger partial charge in [-0.2, -0.15) is 5.26 Å². The van der Waals surface area contributed by atoms with Crippen LogP contribution in [0.25, 0.3) is 0 Å². The van der Waals surface area contributed by atoms with E-state index in [1.165, 1.54) is 0 Å². The maximum atomic E-state index is 14.2. The number of ether oxygens (including phenoxy) is 1. The summed E-state index contributed by atoms with van der Waals surface area (Å²) in [5, 5.41) is 11.7. The Kier molecular flexibility index (Phi) is 7.18. The average molecular weight is 354 g/mol. The number of rotatable bonds is 8. The maximum Gasteiger partial charge on any atom is 0.307 e. The molecule has 24 heavy (non-hydrogen) atoms. The number of anilines is 1. The third kappa shape index (κ3) is 5.20. The highest BCUT2D eigenvalue weighted by molar-refractivity contribution is 6.30. The molecule has 0 amide bonds. The van der Waals surface area contributed by atoms with Crippen LogP contribution in [0.3, 0.4) is 0 Å². The Hall–Kier alpha value is -2.13. The molecule has 1 heterocycles. The quantitative estimate of drug-likeness (QED) is 0.433. The molecule has 0 bridgehead atoms. The van der Waals surface area contributed by atoms with Crippen LogP contribution < -0.4 is 5.32 Å². The summed E-state index contributed by atoms with van der Waals surface area (Å²) in [6.45, 7) is 9.55. The van der Waals surface area contributed by atoms with Crippen molar-refractivity contribution in [3.8, 4) is 6.07 Å². The van der Waals surface area contributed by atoms with Gasteiger partial charge in [-0.3, -0.25) is 4.79 Å². The summed E-state index contributed by atoms with van der Waals surface area (Å²) in [6.07, 6.45) is 2.36. The number of carbonyl (C=O) groups is 1. The van der Waals surface area contributed by atoms with Gasteiger partial charge in [0.25, 0.3) is 0 Å². The molecule has 0 saturated carbocycles. The zero-order valence-corrected chi connectivity index (χ0v) is 14.8. The number of hydrogen-bond donors (Lipinski definition) is 1. The normalized spacial score (nSPS) is 12.2. The van der Waals surface area contributed by atoms with E-state index in [4.69, 9.17) is 21.6 Å². The van der Waals surface area contributed by atoms with Gasteiger partial charge in [0, 0.05) is 6.04 Å². The van der Waals surface area contributed by atoms with Crippen molar-refractivity contribution in [2.75, 3.05) is 11.9 Å². The Morgan fingerprint density at radius 3 is 2.88 bits per heavy atom. The van der Waals surface area contributed by atoms with Gasteiger partial charge >= 0.3 is 5.97 Å². The summed E-state index contributed by atoms with van der Waals surface area (Å²) in [6, 6.07) is 2.32. The highest BCUT2D eigenvalue weighted by Gasteiger charge is 2.32. The van der Waals surface area contributed by atoms with Crippen molar-refractivity contribution in [2.24, 2.45) is 5.41 Å². The van der Waals surface area contributed by atoms with Crippen molar-refractivity contribution >= 4 is 23.4 Å². The molecule has 7 heteroatoms. The summed E-state index contributed by atoms with van der Waals surface area (Å²) in [4.78, 5) is 15.8. The third-order valence-electron chi connectivity index (χ3n) is 3.65. The van der Waals surface area contributed by atoms with E-state index in [-0.39, 0.29) is 29.6 Å². The van der Waals surface area contributed by atoms with Crippen LogP contribution in [0.4, 0.5) is 10.2 Å². The molecular formula is C17H21ClFN3O2. The third-order valence-corrected chi connectivity index (χ3v) is 3.94. The van der Waals surface area contributed by atoms with E-state index >= 15 is 0 Å². The van der Waals surface area contributed by atoms with Gasteiger partial charge < -0.3 is 10.1 Å². The van der Waals surface area contributed by atoms with Gasteiger partial charge in [-0.25, -0.2) is 9.37 Å². The molecule has 0 fully saturated rings. The molecule has 0 radical (unpaired) electrons. The lowest BCUT2D eigenvalue weighted by molar-refractivity contribution is -0.144. The highest BCUT2D eigenvalue weighted by atomic mass is 35.5. The van der Waals surface area contributed by atoms with Crippen LogP contribution in [-0.2, 0) is 9.53 Å². The first-order chi connectivity index (χ1) is 11.2. The molecule has 130 valence electrons. The standard InChI is InChI=1S/C17H21ClFN3O2/c1-5-7-17(3,4)13(9-14(23)24-6-2)21-16-12(19)8-11(10-20)15(18)22-16/h5,8,13H,1,6-7,9H2,2-4H3,(H,21,22). The van der Waals surface area contributed by atoms with Crippen LogP contribution in [-0.4, -0.2) is 23.6 Å². The fourth-order valence-corrected chi connectivity index (χ4v) is 2.42. The first-order valence-corrected chi connectivity index (χ1v) is 7.92. The van der Waals surface area contributed by atoms with Crippen LogP contribution in [0.2, 0.25) is 5.15 Å².